The molecule has 0 saturated carbocycles. The van der Waals surface area contributed by atoms with Gasteiger partial charge in [-0.3, -0.25) is 14.5 Å². The normalized spacial score (nSPS) is 15.2. The molecule has 9 nitrogen and oxygen atoms in total. The average Bonchev–Trinajstić information content (AvgIpc) is 3.69. The van der Waals surface area contributed by atoms with Gasteiger partial charge < -0.3 is 19.0 Å². The van der Waals surface area contributed by atoms with Gasteiger partial charge in [0.2, 0.25) is 10.9 Å². The van der Waals surface area contributed by atoms with Crippen molar-refractivity contribution in [3.05, 3.63) is 93.1 Å². The summed E-state index contributed by atoms with van der Waals surface area (Å²) in [5.41, 5.74) is 1.20. The molecular weight excluding hydrogens is 597 g/mol. The lowest BCUT2D eigenvalue weighted by molar-refractivity contribution is -0.117. The molecule has 3 heterocycles. The number of methoxy groups -OCH3 is 1. The number of thioether (sulfide) groups is 1. The number of furan rings is 1. The van der Waals surface area contributed by atoms with Gasteiger partial charge in [0.05, 0.1) is 31.6 Å². The first-order valence-electron chi connectivity index (χ1n) is 11.9. The number of aliphatic hydroxyl groups excluding tert-OH is 1. The zero-order chi connectivity index (χ0) is 28.4. The molecule has 0 aliphatic carbocycles. The standard InChI is InChI=1S/C27H21Cl2N3O6S2/c1-3-37-18-9-7-14(11-20(18)36-2)22-21(23(33)19-5-4-10-38-19)24(34)25(35)32(22)26-30-31-27(40-26)39-13-15-6-8-16(28)12-17(15)29/h4-12,22,34H,3,13H2,1-2H3. The maximum atomic E-state index is 13.5. The molecule has 0 radical (unpaired) electrons. The quantitative estimate of drug-likeness (QED) is 0.115. The second-order valence-corrected chi connectivity index (χ2v) is 11.4. The van der Waals surface area contributed by atoms with E-state index in [9.17, 15) is 14.7 Å². The second-order valence-electron chi connectivity index (χ2n) is 8.36. The molecule has 0 bridgehead atoms. The Morgan fingerprint density at radius 1 is 1.18 bits per heavy atom. The van der Waals surface area contributed by atoms with Crippen molar-refractivity contribution in [2.24, 2.45) is 0 Å². The van der Waals surface area contributed by atoms with E-state index in [1.807, 2.05) is 13.0 Å². The highest BCUT2D eigenvalue weighted by atomic mass is 35.5. The molecular formula is C27H21Cl2N3O6S2. The molecule has 2 aromatic heterocycles. The zero-order valence-electron chi connectivity index (χ0n) is 21.1. The van der Waals surface area contributed by atoms with Crippen molar-refractivity contribution in [1.29, 1.82) is 0 Å². The van der Waals surface area contributed by atoms with Crippen LogP contribution in [0.2, 0.25) is 10.0 Å². The largest absolute Gasteiger partial charge is 0.503 e. The topological polar surface area (TPSA) is 115 Å². The van der Waals surface area contributed by atoms with E-state index in [2.05, 4.69) is 10.2 Å². The number of carbonyl (C=O) groups is 2. The first-order chi connectivity index (χ1) is 19.3. The van der Waals surface area contributed by atoms with Crippen LogP contribution in [0.1, 0.15) is 34.6 Å². The number of hydrogen-bond acceptors (Lipinski definition) is 10. The Bertz CT molecular complexity index is 1610. The highest BCUT2D eigenvalue weighted by Crippen LogP contribution is 2.45. The SMILES string of the molecule is CCOc1ccc(C2C(C(=O)c3ccco3)=C(O)C(=O)N2c2nnc(SCc3ccc(Cl)cc3Cl)s2)cc1OC. The second kappa shape index (κ2) is 11.9. The number of rotatable bonds is 10. The minimum absolute atomic E-state index is 0.0209. The fourth-order valence-corrected chi connectivity index (χ4v) is 6.58. The van der Waals surface area contributed by atoms with Gasteiger partial charge in [-0.15, -0.1) is 10.2 Å². The van der Waals surface area contributed by atoms with Crippen molar-refractivity contribution in [2.45, 2.75) is 23.1 Å². The van der Waals surface area contributed by atoms with E-state index in [1.165, 1.54) is 36.1 Å². The number of ketones is 1. The van der Waals surface area contributed by atoms with Gasteiger partial charge in [-0.2, -0.15) is 0 Å². The summed E-state index contributed by atoms with van der Waals surface area (Å²) in [5.74, 6) is -0.759. The first-order valence-corrected chi connectivity index (χ1v) is 14.4. The Hall–Kier alpha value is -3.51. The third-order valence-corrected chi connectivity index (χ3v) is 8.66. The first kappa shape index (κ1) is 28.0. The predicted molar refractivity (Wildman–Crippen MR) is 153 cm³/mol. The van der Waals surface area contributed by atoms with Gasteiger partial charge in [-0.05, 0) is 54.4 Å². The molecule has 206 valence electrons. The van der Waals surface area contributed by atoms with E-state index in [0.717, 1.165) is 16.9 Å². The number of Topliss-reactive ketones (excluding diaryl/α,β-unsaturated/α-hetero) is 1. The molecule has 13 heteroatoms. The van der Waals surface area contributed by atoms with Crippen LogP contribution in [0, 0.1) is 0 Å². The summed E-state index contributed by atoms with van der Waals surface area (Å²) in [4.78, 5) is 28.2. The molecule has 0 fully saturated rings. The van der Waals surface area contributed by atoms with E-state index in [0.29, 0.717) is 43.8 Å². The minimum atomic E-state index is -1.04. The molecule has 1 aliphatic heterocycles. The lowest BCUT2D eigenvalue weighted by Gasteiger charge is -2.24. The van der Waals surface area contributed by atoms with Crippen LogP contribution in [0.5, 0.6) is 11.5 Å². The van der Waals surface area contributed by atoms with E-state index in [1.54, 1.807) is 36.4 Å². The van der Waals surface area contributed by atoms with Gasteiger partial charge in [0.25, 0.3) is 5.91 Å². The molecule has 1 aliphatic rings. The van der Waals surface area contributed by atoms with Gasteiger partial charge in [0.15, 0.2) is 27.4 Å². The molecule has 0 spiro atoms. The number of amides is 1. The fraction of sp³-hybridized carbons (Fsp3) is 0.185. The molecule has 2 aromatic carbocycles. The number of aliphatic hydroxyl groups is 1. The number of ether oxygens (including phenoxy) is 2. The summed E-state index contributed by atoms with van der Waals surface area (Å²) < 4.78 is 17.0. The summed E-state index contributed by atoms with van der Waals surface area (Å²) in [5, 5.41) is 20.7. The smallest absolute Gasteiger partial charge is 0.296 e. The number of nitrogens with zero attached hydrogens (tertiary/aromatic N) is 3. The molecule has 1 amide bonds. The third-order valence-electron chi connectivity index (χ3n) is 5.97. The van der Waals surface area contributed by atoms with Gasteiger partial charge in [0.1, 0.15) is 0 Å². The number of halogens is 2. The van der Waals surface area contributed by atoms with Crippen LogP contribution in [0.25, 0.3) is 0 Å². The van der Waals surface area contributed by atoms with Gasteiger partial charge in [-0.25, -0.2) is 0 Å². The van der Waals surface area contributed by atoms with Crippen LogP contribution in [-0.2, 0) is 10.5 Å². The molecule has 5 rings (SSSR count). The van der Waals surface area contributed by atoms with E-state index >= 15 is 0 Å². The molecule has 1 N–H and O–H groups in total. The summed E-state index contributed by atoms with van der Waals surface area (Å²) in [7, 11) is 1.49. The Labute approximate surface area is 247 Å². The maximum absolute atomic E-state index is 13.5. The molecule has 40 heavy (non-hydrogen) atoms. The number of anilines is 1. The highest BCUT2D eigenvalue weighted by Gasteiger charge is 2.47. The number of carbonyl (C=O) groups excluding carboxylic acids is 2. The lowest BCUT2D eigenvalue weighted by atomic mass is 9.95. The van der Waals surface area contributed by atoms with E-state index < -0.39 is 23.5 Å². The summed E-state index contributed by atoms with van der Waals surface area (Å²) >= 11 is 14.8. The molecule has 1 atom stereocenters. The number of benzene rings is 2. The minimum Gasteiger partial charge on any atom is -0.503 e. The third kappa shape index (κ3) is 5.42. The Balaban J connectivity index is 1.52. The van der Waals surface area contributed by atoms with E-state index in [4.69, 9.17) is 37.1 Å². The van der Waals surface area contributed by atoms with Crippen LogP contribution in [0.4, 0.5) is 5.13 Å². The van der Waals surface area contributed by atoms with E-state index in [-0.39, 0.29) is 16.5 Å². The van der Waals surface area contributed by atoms with Crippen LogP contribution < -0.4 is 14.4 Å². The van der Waals surface area contributed by atoms with Crippen LogP contribution >= 0.6 is 46.3 Å². The van der Waals surface area contributed by atoms with Crippen LogP contribution in [0.15, 0.2) is 74.9 Å². The van der Waals surface area contributed by atoms with Gasteiger partial charge in [0, 0.05) is 15.8 Å². The zero-order valence-corrected chi connectivity index (χ0v) is 24.2. The Kier molecular flexibility index (Phi) is 8.36. The number of hydrogen-bond donors (Lipinski definition) is 1. The Morgan fingerprint density at radius 3 is 2.70 bits per heavy atom. The van der Waals surface area contributed by atoms with Crippen molar-refractivity contribution in [1.82, 2.24) is 10.2 Å². The van der Waals surface area contributed by atoms with Crippen LogP contribution in [-0.4, -0.2) is 40.7 Å². The average molecular weight is 619 g/mol. The summed E-state index contributed by atoms with van der Waals surface area (Å²) in [6.45, 7) is 2.26. The lowest BCUT2D eigenvalue weighted by Crippen LogP contribution is -2.31. The molecule has 1 unspecified atom stereocenters. The summed E-state index contributed by atoms with van der Waals surface area (Å²) in [6, 6.07) is 12.3. The fourth-order valence-electron chi connectivity index (χ4n) is 4.16. The van der Waals surface area contributed by atoms with Crippen molar-refractivity contribution < 1.29 is 28.6 Å². The Morgan fingerprint density at radius 2 is 2.00 bits per heavy atom. The maximum Gasteiger partial charge on any atom is 0.296 e. The summed E-state index contributed by atoms with van der Waals surface area (Å²) in [6.07, 6.45) is 1.34. The highest BCUT2D eigenvalue weighted by molar-refractivity contribution is 8.00. The van der Waals surface area contributed by atoms with Crippen molar-refractivity contribution >= 4 is 63.1 Å². The molecule has 4 aromatic rings. The van der Waals surface area contributed by atoms with Crippen molar-refractivity contribution in [3.8, 4) is 11.5 Å². The van der Waals surface area contributed by atoms with Gasteiger partial charge in [-0.1, -0.05) is 58.4 Å². The van der Waals surface area contributed by atoms with Crippen molar-refractivity contribution in [2.75, 3.05) is 18.6 Å². The number of aromatic nitrogens is 2. The van der Waals surface area contributed by atoms with Crippen molar-refractivity contribution in [3.63, 3.8) is 0 Å². The monoisotopic (exact) mass is 617 g/mol. The van der Waals surface area contributed by atoms with Gasteiger partial charge >= 0.3 is 0 Å². The van der Waals surface area contributed by atoms with Crippen LogP contribution in [0.3, 0.4) is 0 Å². The molecule has 0 saturated heterocycles. The predicted octanol–water partition coefficient (Wildman–Crippen LogP) is 6.92.